The van der Waals surface area contributed by atoms with Crippen molar-refractivity contribution in [2.45, 2.75) is 13.0 Å². The Labute approximate surface area is 124 Å². The minimum Gasteiger partial charge on any atom is -0.476 e. The molecule has 1 aromatic carbocycles. The second kappa shape index (κ2) is 6.15. The van der Waals surface area contributed by atoms with Crippen LogP contribution in [0.4, 0.5) is 0 Å². The van der Waals surface area contributed by atoms with Gasteiger partial charge in [0.1, 0.15) is 5.01 Å². The largest absolute Gasteiger partial charge is 0.476 e. The van der Waals surface area contributed by atoms with Gasteiger partial charge in [0.2, 0.25) is 0 Å². The number of nitriles is 1. The molecule has 0 bridgehead atoms. The number of aromatic nitrogens is 1. The third-order valence-corrected chi connectivity index (χ3v) is 3.74. The molecule has 2 aromatic rings. The maximum atomic E-state index is 12.1. The zero-order chi connectivity index (χ0) is 15.4. The van der Waals surface area contributed by atoms with Crippen molar-refractivity contribution >= 4 is 23.2 Å². The number of carbonyl (C=O) groups excluding carboxylic acids is 1. The normalized spacial score (nSPS) is 11.4. The average molecular weight is 301 g/mol. The van der Waals surface area contributed by atoms with Crippen molar-refractivity contribution < 1.29 is 14.7 Å². The van der Waals surface area contributed by atoms with Crippen LogP contribution >= 0.6 is 11.3 Å². The number of carbonyl (C=O) groups is 2. The second-order valence-corrected chi connectivity index (χ2v) is 5.15. The molecule has 2 rings (SSSR count). The molecule has 0 saturated carbocycles. The van der Waals surface area contributed by atoms with E-state index in [0.29, 0.717) is 16.1 Å². The summed E-state index contributed by atoms with van der Waals surface area (Å²) in [6.45, 7) is 1.72. The zero-order valence-corrected chi connectivity index (χ0v) is 11.8. The maximum Gasteiger partial charge on any atom is 0.355 e. The smallest absolute Gasteiger partial charge is 0.355 e. The van der Waals surface area contributed by atoms with Crippen LogP contribution in [-0.4, -0.2) is 22.0 Å². The summed E-state index contributed by atoms with van der Waals surface area (Å²) in [7, 11) is 0. The number of thiazole rings is 1. The van der Waals surface area contributed by atoms with Crippen LogP contribution in [0.5, 0.6) is 0 Å². The van der Waals surface area contributed by atoms with E-state index >= 15 is 0 Å². The van der Waals surface area contributed by atoms with Crippen LogP contribution in [0.25, 0.3) is 0 Å². The highest BCUT2D eigenvalue weighted by Crippen LogP contribution is 2.18. The van der Waals surface area contributed by atoms with Crippen LogP contribution in [0.3, 0.4) is 0 Å². The number of carboxylic acid groups (broad SMARTS) is 1. The van der Waals surface area contributed by atoms with Gasteiger partial charge in [-0.2, -0.15) is 5.26 Å². The summed E-state index contributed by atoms with van der Waals surface area (Å²) in [6, 6.07) is 7.89. The van der Waals surface area contributed by atoms with E-state index in [2.05, 4.69) is 10.3 Å². The van der Waals surface area contributed by atoms with Gasteiger partial charge in [0.15, 0.2) is 5.69 Å². The first kappa shape index (κ1) is 14.7. The van der Waals surface area contributed by atoms with Gasteiger partial charge >= 0.3 is 5.97 Å². The van der Waals surface area contributed by atoms with E-state index in [9.17, 15) is 9.59 Å². The van der Waals surface area contributed by atoms with Gasteiger partial charge in [0, 0.05) is 10.9 Å². The Balaban J connectivity index is 2.11. The summed E-state index contributed by atoms with van der Waals surface area (Å²) in [4.78, 5) is 26.8. The van der Waals surface area contributed by atoms with Crippen molar-refractivity contribution in [2.24, 2.45) is 0 Å². The molecule has 1 amide bonds. The number of carboxylic acids is 1. The van der Waals surface area contributed by atoms with Crippen LogP contribution in [0.2, 0.25) is 0 Å². The molecule has 0 aliphatic heterocycles. The Bertz CT molecular complexity index is 733. The molecule has 0 spiro atoms. The van der Waals surface area contributed by atoms with Crippen LogP contribution in [0.1, 0.15) is 44.4 Å². The maximum absolute atomic E-state index is 12.1. The van der Waals surface area contributed by atoms with Gasteiger partial charge in [-0.05, 0) is 25.1 Å². The van der Waals surface area contributed by atoms with Gasteiger partial charge in [0.05, 0.1) is 17.7 Å². The molecule has 0 fully saturated rings. The number of nitrogens with one attached hydrogen (secondary N) is 1. The molecule has 1 atom stereocenters. The quantitative estimate of drug-likeness (QED) is 0.901. The molecule has 6 nitrogen and oxygen atoms in total. The Morgan fingerprint density at radius 1 is 1.48 bits per heavy atom. The third kappa shape index (κ3) is 3.43. The van der Waals surface area contributed by atoms with E-state index in [1.807, 2.05) is 6.07 Å². The predicted octanol–water partition coefficient (Wildman–Crippen LogP) is 2.20. The molecular formula is C14H11N3O3S. The first-order valence-corrected chi connectivity index (χ1v) is 6.89. The first-order chi connectivity index (χ1) is 10.0. The topological polar surface area (TPSA) is 103 Å². The lowest BCUT2D eigenvalue weighted by Gasteiger charge is -2.11. The summed E-state index contributed by atoms with van der Waals surface area (Å²) in [5.74, 6) is -1.44. The van der Waals surface area contributed by atoms with Crippen molar-refractivity contribution in [1.82, 2.24) is 10.3 Å². The van der Waals surface area contributed by atoms with Gasteiger partial charge in [-0.1, -0.05) is 6.07 Å². The molecule has 0 radical (unpaired) electrons. The lowest BCUT2D eigenvalue weighted by Crippen LogP contribution is -2.26. The minimum absolute atomic E-state index is 0.0393. The second-order valence-electron chi connectivity index (χ2n) is 4.26. The monoisotopic (exact) mass is 301 g/mol. The summed E-state index contributed by atoms with van der Waals surface area (Å²) in [5, 5.41) is 22.3. The van der Waals surface area contributed by atoms with E-state index in [1.165, 1.54) is 22.8 Å². The van der Waals surface area contributed by atoms with E-state index in [4.69, 9.17) is 10.4 Å². The number of nitrogens with zero attached hydrogens (tertiary/aromatic N) is 2. The molecular weight excluding hydrogens is 290 g/mol. The fraction of sp³-hybridized carbons (Fsp3) is 0.143. The number of hydrogen-bond donors (Lipinski definition) is 2. The summed E-state index contributed by atoms with van der Waals surface area (Å²) in [5.41, 5.74) is 0.733. The summed E-state index contributed by atoms with van der Waals surface area (Å²) in [6.07, 6.45) is 0. The Hall–Kier alpha value is -2.72. The molecule has 1 aromatic heterocycles. The molecule has 2 N–H and O–H groups in total. The number of amides is 1. The van der Waals surface area contributed by atoms with Crippen LogP contribution in [0.15, 0.2) is 29.6 Å². The van der Waals surface area contributed by atoms with Crippen molar-refractivity contribution in [2.75, 3.05) is 0 Å². The molecule has 0 aliphatic carbocycles. The SMILES string of the molecule is CC(NC(=O)c1cccc(C#N)c1)c1nc(C(=O)O)cs1. The molecule has 7 heteroatoms. The average Bonchev–Trinajstić information content (AvgIpc) is 2.97. The van der Waals surface area contributed by atoms with Crippen molar-refractivity contribution in [3.8, 4) is 6.07 Å². The standard InChI is InChI=1S/C14H11N3O3S/c1-8(13-17-11(7-21-13)14(19)20)16-12(18)10-4-2-3-9(5-10)6-15/h2-5,7-8H,1H3,(H,16,18)(H,19,20). The number of aromatic carboxylic acids is 1. The summed E-state index contributed by atoms with van der Waals surface area (Å²) >= 11 is 1.17. The van der Waals surface area contributed by atoms with Crippen molar-refractivity contribution in [3.63, 3.8) is 0 Å². The Kier molecular flexibility index (Phi) is 4.30. The zero-order valence-electron chi connectivity index (χ0n) is 11.0. The lowest BCUT2D eigenvalue weighted by atomic mass is 10.1. The molecule has 0 saturated heterocycles. The predicted molar refractivity (Wildman–Crippen MR) is 76.1 cm³/mol. The lowest BCUT2D eigenvalue weighted by molar-refractivity contribution is 0.0691. The molecule has 0 aliphatic rings. The highest BCUT2D eigenvalue weighted by molar-refractivity contribution is 7.09. The highest BCUT2D eigenvalue weighted by Gasteiger charge is 2.16. The van der Waals surface area contributed by atoms with Gasteiger partial charge in [0.25, 0.3) is 5.91 Å². The van der Waals surface area contributed by atoms with Crippen LogP contribution in [0, 0.1) is 11.3 Å². The molecule has 21 heavy (non-hydrogen) atoms. The first-order valence-electron chi connectivity index (χ1n) is 6.01. The van der Waals surface area contributed by atoms with Gasteiger partial charge in [-0.15, -0.1) is 11.3 Å². The van der Waals surface area contributed by atoms with Crippen molar-refractivity contribution in [3.05, 3.63) is 51.5 Å². The van der Waals surface area contributed by atoms with E-state index in [-0.39, 0.29) is 11.6 Å². The molecule has 1 unspecified atom stereocenters. The van der Waals surface area contributed by atoms with Gasteiger partial charge in [-0.3, -0.25) is 4.79 Å². The molecule has 106 valence electrons. The number of benzene rings is 1. The van der Waals surface area contributed by atoms with E-state index in [1.54, 1.807) is 25.1 Å². The highest BCUT2D eigenvalue weighted by atomic mass is 32.1. The third-order valence-electron chi connectivity index (χ3n) is 2.71. The minimum atomic E-state index is -1.10. The fourth-order valence-electron chi connectivity index (χ4n) is 1.66. The number of hydrogen-bond acceptors (Lipinski definition) is 5. The van der Waals surface area contributed by atoms with E-state index < -0.39 is 12.0 Å². The van der Waals surface area contributed by atoms with Crippen LogP contribution < -0.4 is 5.32 Å². The Morgan fingerprint density at radius 3 is 2.86 bits per heavy atom. The molecule has 1 heterocycles. The van der Waals surface area contributed by atoms with E-state index in [0.717, 1.165) is 0 Å². The van der Waals surface area contributed by atoms with Crippen molar-refractivity contribution in [1.29, 1.82) is 5.26 Å². The summed E-state index contributed by atoms with van der Waals surface area (Å²) < 4.78 is 0. The van der Waals surface area contributed by atoms with Gasteiger partial charge < -0.3 is 10.4 Å². The Morgan fingerprint density at radius 2 is 2.24 bits per heavy atom. The van der Waals surface area contributed by atoms with Crippen LogP contribution in [-0.2, 0) is 0 Å². The fourth-order valence-corrected chi connectivity index (χ4v) is 2.46. The van der Waals surface area contributed by atoms with Gasteiger partial charge in [-0.25, -0.2) is 9.78 Å². The number of rotatable bonds is 4.